The van der Waals surface area contributed by atoms with Crippen LogP contribution in [-0.4, -0.2) is 47.2 Å². The van der Waals surface area contributed by atoms with Crippen LogP contribution in [0.3, 0.4) is 0 Å². The second-order valence-electron chi connectivity index (χ2n) is 6.66. The average Bonchev–Trinajstić information content (AvgIpc) is 3.14. The third kappa shape index (κ3) is 4.69. The van der Waals surface area contributed by atoms with E-state index in [4.69, 9.17) is 9.47 Å². The largest absolute Gasteiger partial charge is 0.488 e. The molecule has 2 heterocycles. The first-order valence-electron chi connectivity index (χ1n) is 9.40. The number of para-hydroxylation sites is 1. The van der Waals surface area contributed by atoms with Gasteiger partial charge >= 0.3 is 0 Å². The highest BCUT2D eigenvalue weighted by molar-refractivity contribution is 8.18. The molecule has 0 saturated carbocycles. The standard InChI is InChI=1S/C21H19N3O5S/c25-20-19(30-21(22-20)23-9-11-28-12-10-23)13-16-3-1-2-4-18(16)29-14-15-5-7-17(8-6-15)24(26)27/h1-8,13H,9-12,14H2/b19-13+. The summed E-state index contributed by atoms with van der Waals surface area (Å²) >= 11 is 1.36. The Morgan fingerprint density at radius 3 is 2.63 bits per heavy atom. The van der Waals surface area contributed by atoms with E-state index in [1.807, 2.05) is 24.3 Å². The summed E-state index contributed by atoms with van der Waals surface area (Å²) in [5.74, 6) is 0.364. The number of non-ortho nitro benzene ring substituents is 1. The topological polar surface area (TPSA) is 94.3 Å². The summed E-state index contributed by atoms with van der Waals surface area (Å²) in [5, 5.41) is 11.5. The molecule has 0 unspecified atom stereocenters. The van der Waals surface area contributed by atoms with Gasteiger partial charge in [-0.05, 0) is 41.6 Å². The molecule has 8 nitrogen and oxygen atoms in total. The summed E-state index contributed by atoms with van der Waals surface area (Å²) < 4.78 is 11.3. The molecule has 9 heteroatoms. The number of hydrogen-bond acceptors (Lipinski definition) is 7. The van der Waals surface area contributed by atoms with Crippen molar-refractivity contribution in [2.24, 2.45) is 4.99 Å². The van der Waals surface area contributed by atoms with Gasteiger partial charge in [0.05, 0.1) is 23.0 Å². The van der Waals surface area contributed by atoms with Crippen LogP contribution in [0.25, 0.3) is 6.08 Å². The van der Waals surface area contributed by atoms with E-state index in [0.29, 0.717) is 29.0 Å². The van der Waals surface area contributed by atoms with Crippen LogP contribution < -0.4 is 4.74 Å². The smallest absolute Gasteiger partial charge is 0.286 e. The number of thioether (sulfide) groups is 1. The molecule has 1 fully saturated rings. The van der Waals surface area contributed by atoms with Gasteiger partial charge in [0, 0.05) is 30.8 Å². The van der Waals surface area contributed by atoms with Gasteiger partial charge in [0.2, 0.25) is 0 Å². The molecule has 2 aliphatic heterocycles. The molecule has 1 saturated heterocycles. The molecule has 0 radical (unpaired) electrons. The van der Waals surface area contributed by atoms with Crippen LogP contribution in [0.5, 0.6) is 5.75 Å². The fourth-order valence-corrected chi connectivity index (χ4v) is 3.99. The van der Waals surface area contributed by atoms with Crippen molar-refractivity contribution in [1.29, 1.82) is 0 Å². The number of nitrogens with zero attached hydrogens (tertiary/aromatic N) is 3. The van der Waals surface area contributed by atoms with Crippen molar-refractivity contribution in [3.8, 4) is 5.75 Å². The van der Waals surface area contributed by atoms with E-state index < -0.39 is 4.92 Å². The molecule has 0 bridgehead atoms. The minimum absolute atomic E-state index is 0.0386. The molecule has 0 N–H and O–H groups in total. The quantitative estimate of drug-likeness (QED) is 0.411. The van der Waals surface area contributed by atoms with Gasteiger partial charge < -0.3 is 14.4 Å². The number of nitro benzene ring substituents is 1. The minimum Gasteiger partial charge on any atom is -0.488 e. The Kier molecular flexibility index (Phi) is 6.10. The van der Waals surface area contributed by atoms with Crippen molar-refractivity contribution >= 4 is 34.6 Å². The monoisotopic (exact) mass is 425 g/mol. The molecule has 154 valence electrons. The van der Waals surface area contributed by atoms with Crippen molar-refractivity contribution < 1.29 is 19.2 Å². The zero-order chi connectivity index (χ0) is 20.9. The Balaban J connectivity index is 1.45. The number of nitro groups is 1. The predicted molar refractivity (Wildman–Crippen MR) is 114 cm³/mol. The highest BCUT2D eigenvalue weighted by atomic mass is 32.2. The van der Waals surface area contributed by atoms with Gasteiger partial charge in [-0.1, -0.05) is 18.2 Å². The summed E-state index contributed by atoms with van der Waals surface area (Å²) in [6, 6.07) is 13.7. The molecular formula is C21H19N3O5S. The van der Waals surface area contributed by atoms with Crippen LogP contribution in [-0.2, 0) is 16.1 Å². The zero-order valence-corrected chi connectivity index (χ0v) is 16.8. The van der Waals surface area contributed by atoms with Crippen LogP contribution in [0.2, 0.25) is 0 Å². The van der Waals surface area contributed by atoms with Crippen molar-refractivity contribution in [2.45, 2.75) is 6.61 Å². The number of benzene rings is 2. The Morgan fingerprint density at radius 2 is 1.90 bits per heavy atom. The van der Waals surface area contributed by atoms with Crippen molar-refractivity contribution in [3.05, 3.63) is 74.7 Å². The highest BCUT2D eigenvalue weighted by Gasteiger charge is 2.27. The van der Waals surface area contributed by atoms with E-state index in [2.05, 4.69) is 9.89 Å². The highest BCUT2D eigenvalue weighted by Crippen LogP contribution is 2.32. The molecule has 1 amide bonds. The van der Waals surface area contributed by atoms with Crippen molar-refractivity contribution in [1.82, 2.24) is 4.90 Å². The summed E-state index contributed by atoms with van der Waals surface area (Å²) in [5.41, 5.74) is 1.62. The Bertz CT molecular complexity index is 1010. The van der Waals surface area contributed by atoms with E-state index in [9.17, 15) is 14.9 Å². The number of ether oxygens (including phenoxy) is 2. The number of amidine groups is 1. The normalized spacial score (nSPS) is 17.9. The zero-order valence-electron chi connectivity index (χ0n) is 16.0. The fourth-order valence-electron chi connectivity index (χ4n) is 3.04. The van der Waals surface area contributed by atoms with Crippen LogP contribution in [0.4, 0.5) is 5.69 Å². The Labute approximate surface area is 177 Å². The lowest BCUT2D eigenvalue weighted by Crippen LogP contribution is -2.38. The van der Waals surface area contributed by atoms with Crippen molar-refractivity contribution in [3.63, 3.8) is 0 Å². The molecule has 2 aromatic carbocycles. The molecule has 0 aromatic heterocycles. The third-order valence-electron chi connectivity index (χ3n) is 4.64. The Hall–Kier alpha value is -3.17. The number of morpholine rings is 1. The number of amides is 1. The lowest BCUT2D eigenvalue weighted by Gasteiger charge is -2.27. The minimum atomic E-state index is -0.435. The lowest BCUT2D eigenvalue weighted by atomic mass is 10.1. The number of carbonyl (C=O) groups excluding carboxylic acids is 1. The van der Waals surface area contributed by atoms with Gasteiger partial charge in [-0.2, -0.15) is 4.99 Å². The molecule has 0 atom stereocenters. The van der Waals surface area contributed by atoms with Gasteiger partial charge in [-0.25, -0.2) is 0 Å². The average molecular weight is 425 g/mol. The summed E-state index contributed by atoms with van der Waals surface area (Å²) in [4.78, 5) is 29.5. The van der Waals surface area contributed by atoms with E-state index >= 15 is 0 Å². The second-order valence-corrected chi connectivity index (χ2v) is 7.67. The first kappa shape index (κ1) is 20.1. The van der Waals surface area contributed by atoms with E-state index in [-0.39, 0.29) is 18.2 Å². The SMILES string of the molecule is O=C1N=C(N2CCOCC2)S/C1=C/c1ccccc1OCc1ccc([N+](=O)[O-])cc1. The van der Waals surface area contributed by atoms with Gasteiger partial charge in [0.15, 0.2) is 5.17 Å². The van der Waals surface area contributed by atoms with Crippen LogP contribution >= 0.6 is 11.8 Å². The van der Waals surface area contributed by atoms with Gasteiger partial charge in [-0.15, -0.1) is 0 Å². The van der Waals surface area contributed by atoms with Crippen LogP contribution in [0.1, 0.15) is 11.1 Å². The van der Waals surface area contributed by atoms with Crippen LogP contribution in [0, 0.1) is 10.1 Å². The van der Waals surface area contributed by atoms with Crippen LogP contribution in [0.15, 0.2) is 58.4 Å². The molecule has 2 aliphatic rings. The van der Waals surface area contributed by atoms with Gasteiger partial charge in [-0.3, -0.25) is 14.9 Å². The maximum atomic E-state index is 12.4. The second kappa shape index (κ2) is 9.10. The lowest BCUT2D eigenvalue weighted by molar-refractivity contribution is -0.384. The van der Waals surface area contributed by atoms with Gasteiger partial charge in [0.1, 0.15) is 12.4 Å². The predicted octanol–water partition coefficient (Wildman–Crippen LogP) is 3.48. The van der Waals surface area contributed by atoms with Gasteiger partial charge in [0.25, 0.3) is 11.6 Å². The first-order valence-corrected chi connectivity index (χ1v) is 10.2. The molecular weight excluding hydrogens is 406 g/mol. The number of hydrogen-bond donors (Lipinski definition) is 0. The maximum Gasteiger partial charge on any atom is 0.286 e. The maximum absolute atomic E-state index is 12.4. The number of rotatable bonds is 5. The van der Waals surface area contributed by atoms with E-state index in [1.54, 1.807) is 18.2 Å². The molecule has 0 aliphatic carbocycles. The molecule has 4 rings (SSSR count). The molecule has 30 heavy (non-hydrogen) atoms. The third-order valence-corrected chi connectivity index (χ3v) is 5.68. The van der Waals surface area contributed by atoms with Crippen molar-refractivity contribution in [2.75, 3.05) is 26.3 Å². The van der Waals surface area contributed by atoms with E-state index in [0.717, 1.165) is 24.2 Å². The number of carbonyl (C=O) groups is 1. The molecule has 0 spiro atoms. The Morgan fingerprint density at radius 1 is 1.17 bits per heavy atom. The fraction of sp³-hybridized carbons (Fsp3) is 0.238. The first-order chi connectivity index (χ1) is 14.6. The summed E-state index contributed by atoms with van der Waals surface area (Å²) in [6.07, 6.45) is 1.79. The summed E-state index contributed by atoms with van der Waals surface area (Å²) in [7, 11) is 0. The number of aliphatic imine (C=N–C) groups is 1. The van der Waals surface area contributed by atoms with E-state index in [1.165, 1.54) is 23.9 Å². The summed E-state index contributed by atoms with van der Waals surface area (Å²) in [6.45, 7) is 2.97. The molecule has 2 aromatic rings.